The Hall–Kier alpha value is -4.37. The van der Waals surface area contributed by atoms with Crippen LogP contribution in [-0.4, -0.2) is 70.0 Å². The standard InChI is InChI=1S/C72H118NO8P/c1-6-8-10-12-14-16-18-20-22-24-26-27-28-29-30-31-32-33-34-35-36-37-38-39-40-41-42-43-44-45-47-49-51-53-55-57-59-61-63-65-72(75)81-70(69-80-82(76,77)79-67-66-73(3,4)5)68-78-71(74)64-62-60-58-56-54-52-50-48-46-25-23-21-19-17-15-13-11-9-7-2/h8,10,14-17,20-23,26-27,29-30,32-33,35-36,38-39,41-42,44-46,48,70H,6-7,9,11-13,18-19,24-25,28,31,34,37,40,43,47,49-69H2,1-5H3/b10-8-,16-14-,17-15-,22-20-,23-21-,27-26-,30-29-,33-32-,36-35-,39-38-,42-41-,45-44-,48-46-. The summed E-state index contributed by atoms with van der Waals surface area (Å²) in [5.41, 5.74) is 0. The first-order valence-electron chi connectivity index (χ1n) is 32.2. The van der Waals surface area contributed by atoms with Gasteiger partial charge in [-0.25, -0.2) is 0 Å². The maximum Gasteiger partial charge on any atom is 0.306 e. The molecule has 0 amide bonds. The summed E-state index contributed by atoms with van der Waals surface area (Å²) in [6.07, 6.45) is 91.5. The second-order valence-corrected chi connectivity index (χ2v) is 23.4. The maximum atomic E-state index is 12.8. The molecule has 0 N–H and O–H groups in total. The van der Waals surface area contributed by atoms with Crippen LogP contribution in [0.1, 0.15) is 232 Å². The Balaban J connectivity index is 4.17. The van der Waals surface area contributed by atoms with Gasteiger partial charge < -0.3 is 27.9 Å². The van der Waals surface area contributed by atoms with E-state index in [1.54, 1.807) is 0 Å². The minimum absolute atomic E-state index is 0.0432. The summed E-state index contributed by atoms with van der Waals surface area (Å²) in [7, 11) is 1.13. The predicted octanol–water partition coefficient (Wildman–Crippen LogP) is 20.2. The van der Waals surface area contributed by atoms with E-state index in [2.05, 4.69) is 172 Å². The van der Waals surface area contributed by atoms with Gasteiger partial charge in [0.15, 0.2) is 6.10 Å². The fraction of sp³-hybridized carbons (Fsp3) is 0.611. The number of ether oxygens (including phenoxy) is 2. The van der Waals surface area contributed by atoms with Crippen molar-refractivity contribution in [1.29, 1.82) is 0 Å². The Morgan fingerprint density at radius 2 is 0.695 bits per heavy atom. The zero-order chi connectivity index (χ0) is 59.8. The van der Waals surface area contributed by atoms with Gasteiger partial charge in [0.25, 0.3) is 7.82 Å². The van der Waals surface area contributed by atoms with Crippen molar-refractivity contribution >= 4 is 19.8 Å². The molecule has 2 atom stereocenters. The van der Waals surface area contributed by atoms with Crippen LogP contribution in [0.25, 0.3) is 0 Å². The van der Waals surface area contributed by atoms with Gasteiger partial charge in [-0.1, -0.05) is 249 Å². The molecule has 464 valence electrons. The van der Waals surface area contributed by atoms with Crippen molar-refractivity contribution in [3.63, 3.8) is 0 Å². The SMILES string of the molecule is CC/C=C\C/C=C\C/C=C\C/C=C\C/C=C\C/C=C\C/C=C\C/C=C\C/C=C\C/C=C\CCCCCCCCCCC(=O)OC(COC(=O)CCCCCCCC/C=C\C/C=C\C/C=C\CCCCC)COP(=O)([O-])OCC[N+](C)(C)C. The molecule has 0 fully saturated rings. The normalized spacial score (nSPS) is 14.3. The van der Waals surface area contributed by atoms with Gasteiger partial charge in [0.05, 0.1) is 27.7 Å². The molecule has 0 radical (unpaired) electrons. The predicted molar refractivity (Wildman–Crippen MR) is 350 cm³/mol. The van der Waals surface area contributed by atoms with Crippen LogP contribution < -0.4 is 4.89 Å². The quantitative estimate of drug-likeness (QED) is 0.0195. The molecule has 0 rings (SSSR count). The van der Waals surface area contributed by atoms with Crippen molar-refractivity contribution in [2.24, 2.45) is 0 Å². The molecule has 10 heteroatoms. The Labute approximate surface area is 503 Å². The second kappa shape index (κ2) is 61.2. The highest BCUT2D eigenvalue weighted by Crippen LogP contribution is 2.38. The number of nitrogens with zero attached hydrogens (tertiary/aromatic N) is 1. The number of hydrogen-bond donors (Lipinski definition) is 0. The van der Waals surface area contributed by atoms with Crippen molar-refractivity contribution in [3.8, 4) is 0 Å². The molecule has 0 aliphatic carbocycles. The zero-order valence-corrected chi connectivity index (χ0v) is 53.5. The Morgan fingerprint density at radius 1 is 0.390 bits per heavy atom. The minimum atomic E-state index is -4.65. The van der Waals surface area contributed by atoms with Gasteiger partial charge in [0, 0.05) is 12.8 Å². The monoisotopic (exact) mass is 1160 g/mol. The first kappa shape index (κ1) is 77.6. The van der Waals surface area contributed by atoms with Crippen LogP contribution >= 0.6 is 7.82 Å². The van der Waals surface area contributed by atoms with Crippen LogP contribution in [0.2, 0.25) is 0 Å². The molecule has 0 spiro atoms. The highest BCUT2D eigenvalue weighted by molar-refractivity contribution is 7.45. The number of rotatable bonds is 57. The molecule has 0 aliphatic rings. The number of phosphoric acid groups is 1. The van der Waals surface area contributed by atoms with E-state index in [1.807, 2.05) is 21.1 Å². The first-order valence-corrected chi connectivity index (χ1v) is 33.7. The van der Waals surface area contributed by atoms with E-state index in [1.165, 1.54) is 51.4 Å². The molecule has 0 bridgehead atoms. The van der Waals surface area contributed by atoms with Crippen molar-refractivity contribution in [2.45, 2.75) is 238 Å². The van der Waals surface area contributed by atoms with Crippen molar-refractivity contribution in [1.82, 2.24) is 0 Å². The third-order valence-corrected chi connectivity index (χ3v) is 14.0. The summed E-state index contributed by atoms with van der Waals surface area (Å²) in [5, 5.41) is 0. The number of likely N-dealkylation sites (N-methyl/N-ethyl adjacent to an activating group) is 1. The largest absolute Gasteiger partial charge is 0.756 e. The summed E-state index contributed by atoms with van der Waals surface area (Å²) in [6, 6.07) is 0. The molecule has 0 aromatic rings. The van der Waals surface area contributed by atoms with E-state index in [4.69, 9.17) is 18.5 Å². The summed E-state index contributed by atoms with van der Waals surface area (Å²) < 4.78 is 34.2. The third kappa shape index (κ3) is 64.8. The second-order valence-electron chi connectivity index (χ2n) is 22.0. The van der Waals surface area contributed by atoms with Gasteiger partial charge in [0.2, 0.25) is 0 Å². The Kier molecular flexibility index (Phi) is 57.9. The lowest BCUT2D eigenvalue weighted by Crippen LogP contribution is -2.37. The van der Waals surface area contributed by atoms with Gasteiger partial charge in [-0.15, -0.1) is 0 Å². The zero-order valence-electron chi connectivity index (χ0n) is 52.6. The van der Waals surface area contributed by atoms with Crippen LogP contribution in [-0.2, 0) is 32.7 Å². The molecule has 9 nitrogen and oxygen atoms in total. The Bertz CT molecular complexity index is 1940. The van der Waals surface area contributed by atoms with Gasteiger partial charge in [-0.3, -0.25) is 14.2 Å². The van der Waals surface area contributed by atoms with Crippen molar-refractivity contribution in [2.75, 3.05) is 47.5 Å². The molecule has 0 saturated carbocycles. The van der Waals surface area contributed by atoms with Crippen molar-refractivity contribution < 1.29 is 42.1 Å². The van der Waals surface area contributed by atoms with Crippen LogP contribution in [0.15, 0.2) is 158 Å². The van der Waals surface area contributed by atoms with E-state index in [9.17, 15) is 19.0 Å². The lowest BCUT2D eigenvalue weighted by Gasteiger charge is -2.28. The van der Waals surface area contributed by atoms with E-state index < -0.39 is 32.5 Å². The molecule has 0 saturated heterocycles. The molecule has 0 aromatic heterocycles. The first-order chi connectivity index (χ1) is 40.0. The molecule has 82 heavy (non-hydrogen) atoms. The number of allylic oxidation sites excluding steroid dienone is 26. The summed E-state index contributed by atoms with van der Waals surface area (Å²) >= 11 is 0. The molecule has 2 unspecified atom stereocenters. The average molecular weight is 1160 g/mol. The minimum Gasteiger partial charge on any atom is -0.756 e. The number of esters is 2. The highest BCUT2D eigenvalue weighted by Gasteiger charge is 2.22. The molecule has 0 heterocycles. The average Bonchev–Trinajstić information content (AvgIpc) is 3.46. The third-order valence-electron chi connectivity index (χ3n) is 13.0. The molecule has 0 aliphatic heterocycles. The number of carbonyl (C=O) groups excluding carboxylic acids is 2. The van der Waals surface area contributed by atoms with Gasteiger partial charge in [-0.05, 0) is 128 Å². The van der Waals surface area contributed by atoms with Crippen LogP contribution in [0.3, 0.4) is 0 Å². The fourth-order valence-electron chi connectivity index (χ4n) is 8.10. The van der Waals surface area contributed by atoms with E-state index in [-0.39, 0.29) is 26.1 Å². The lowest BCUT2D eigenvalue weighted by atomic mass is 10.1. The number of quaternary nitrogens is 1. The number of phosphoric ester groups is 1. The van der Waals surface area contributed by atoms with Crippen LogP contribution in [0.4, 0.5) is 0 Å². The van der Waals surface area contributed by atoms with Crippen LogP contribution in [0.5, 0.6) is 0 Å². The van der Waals surface area contributed by atoms with E-state index in [0.717, 1.165) is 141 Å². The fourth-order valence-corrected chi connectivity index (χ4v) is 8.83. The van der Waals surface area contributed by atoms with E-state index in [0.29, 0.717) is 23.9 Å². The number of carbonyl (C=O) groups is 2. The lowest BCUT2D eigenvalue weighted by molar-refractivity contribution is -0.870. The van der Waals surface area contributed by atoms with Gasteiger partial charge in [-0.2, -0.15) is 0 Å². The number of unbranched alkanes of at least 4 members (excludes halogenated alkanes) is 17. The molecule has 0 aromatic carbocycles. The topological polar surface area (TPSA) is 111 Å². The Morgan fingerprint density at radius 3 is 1.04 bits per heavy atom. The highest BCUT2D eigenvalue weighted by atomic mass is 31.2. The molecular weight excluding hydrogens is 1040 g/mol. The van der Waals surface area contributed by atoms with Gasteiger partial charge in [0.1, 0.15) is 19.8 Å². The summed E-state index contributed by atoms with van der Waals surface area (Å²) in [6.45, 7) is 4.05. The summed E-state index contributed by atoms with van der Waals surface area (Å²) in [4.78, 5) is 37.9. The maximum absolute atomic E-state index is 12.8. The molecular formula is C72H118NO8P. The van der Waals surface area contributed by atoms with Crippen molar-refractivity contribution in [3.05, 3.63) is 158 Å². The van der Waals surface area contributed by atoms with E-state index >= 15 is 0 Å². The smallest absolute Gasteiger partial charge is 0.306 e. The van der Waals surface area contributed by atoms with Crippen LogP contribution in [0, 0.1) is 0 Å². The van der Waals surface area contributed by atoms with Gasteiger partial charge >= 0.3 is 11.9 Å². The summed E-state index contributed by atoms with van der Waals surface area (Å²) in [5.74, 6) is -0.868. The number of hydrogen-bond acceptors (Lipinski definition) is 8.